The molecule has 2 atom stereocenters. The summed E-state index contributed by atoms with van der Waals surface area (Å²) in [6.45, 7) is 8.49. The molecule has 0 spiro atoms. The maximum Gasteiger partial charge on any atom is 0.287 e. The van der Waals surface area contributed by atoms with E-state index < -0.39 is 0 Å². The normalized spacial score (nSPS) is 22.0. The zero-order valence-electron chi connectivity index (χ0n) is 13.4. The molecule has 7 heteroatoms. The Hall–Kier alpha value is -1.11. The fourth-order valence-electron chi connectivity index (χ4n) is 2.45. The van der Waals surface area contributed by atoms with Crippen LogP contribution in [0.3, 0.4) is 0 Å². The smallest absolute Gasteiger partial charge is 0.287 e. The third-order valence-corrected chi connectivity index (χ3v) is 4.00. The standard InChI is InChI=1S/C15H25ClN4O2/c1-4-10-13(16)20-14(18-10)15(21)19-11-5-6-17-7-12(11)22-8-9(2)3/h9,11-12,17H,4-8H2,1-3H3,(H,18,20)(H,19,21). The number of hydrogen-bond acceptors (Lipinski definition) is 4. The molecule has 1 aromatic rings. The van der Waals surface area contributed by atoms with Crippen molar-refractivity contribution in [1.82, 2.24) is 20.6 Å². The summed E-state index contributed by atoms with van der Waals surface area (Å²) in [4.78, 5) is 19.4. The Kier molecular flexibility index (Phi) is 6.23. The summed E-state index contributed by atoms with van der Waals surface area (Å²) >= 11 is 5.99. The maximum absolute atomic E-state index is 12.3. The number of ether oxygens (including phenoxy) is 1. The van der Waals surface area contributed by atoms with E-state index in [0.29, 0.717) is 24.1 Å². The van der Waals surface area contributed by atoms with Gasteiger partial charge in [-0.1, -0.05) is 32.4 Å². The first-order valence-electron chi connectivity index (χ1n) is 7.88. The molecule has 1 aromatic heterocycles. The van der Waals surface area contributed by atoms with Crippen molar-refractivity contribution < 1.29 is 9.53 Å². The first-order chi connectivity index (χ1) is 10.5. The molecular formula is C15H25ClN4O2. The Morgan fingerprint density at radius 3 is 2.95 bits per heavy atom. The van der Waals surface area contributed by atoms with Crippen molar-refractivity contribution in [2.45, 2.75) is 45.8 Å². The van der Waals surface area contributed by atoms with Crippen LogP contribution in [0.5, 0.6) is 0 Å². The third kappa shape index (κ3) is 4.44. The number of aromatic nitrogens is 2. The molecule has 22 heavy (non-hydrogen) atoms. The van der Waals surface area contributed by atoms with Crippen LogP contribution in [0.4, 0.5) is 0 Å². The number of amides is 1. The number of carbonyl (C=O) groups is 1. The molecule has 3 N–H and O–H groups in total. The van der Waals surface area contributed by atoms with Gasteiger partial charge in [-0.2, -0.15) is 0 Å². The van der Waals surface area contributed by atoms with Crippen LogP contribution in [0.25, 0.3) is 0 Å². The predicted octanol–water partition coefficient (Wildman–Crippen LogP) is 1.76. The Bertz CT molecular complexity index is 504. The fraction of sp³-hybridized carbons (Fsp3) is 0.733. The number of aryl methyl sites for hydroxylation is 1. The van der Waals surface area contributed by atoms with Gasteiger partial charge in [-0.25, -0.2) is 4.98 Å². The van der Waals surface area contributed by atoms with E-state index in [1.54, 1.807) is 0 Å². The Balaban J connectivity index is 1.97. The van der Waals surface area contributed by atoms with E-state index in [2.05, 4.69) is 34.4 Å². The lowest BCUT2D eigenvalue weighted by Gasteiger charge is -2.33. The average molecular weight is 329 g/mol. The van der Waals surface area contributed by atoms with Crippen LogP contribution in [0.1, 0.15) is 43.5 Å². The number of nitrogens with one attached hydrogen (secondary N) is 3. The molecule has 2 unspecified atom stereocenters. The van der Waals surface area contributed by atoms with Gasteiger partial charge in [-0.3, -0.25) is 4.79 Å². The van der Waals surface area contributed by atoms with E-state index in [1.807, 2.05) is 6.92 Å². The van der Waals surface area contributed by atoms with Crippen molar-refractivity contribution in [3.8, 4) is 0 Å². The molecule has 1 amide bonds. The quantitative estimate of drug-likeness (QED) is 0.743. The van der Waals surface area contributed by atoms with Crippen molar-refractivity contribution >= 4 is 17.5 Å². The van der Waals surface area contributed by atoms with Crippen LogP contribution in [0.2, 0.25) is 5.15 Å². The van der Waals surface area contributed by atoms with Gasteiger partial charge in [0.15, 0.2) is 11.0 Å². The van der Waals surface area contributed by atoms with E-state index >= 15 is 0 Å². The molecule has 1 aliphatic rings. The Labute approximate surface area is 136 Å². The summed E-state index contributed by atoms with van der Waals surface area (Å²) in [6.07, 6.45) is 1.53. The summed E-state index contributed by atoms with van der Waals surface area (Å²) in [5, 5.41) is 6.69. The van der Waals surface area contributed by atoms with E-state index in [4.69, 9.17) is 16.3 Å². The third-order valence-electron chi connectivity index (χ3n) is 3.68. The first-order valence-corrected chi connectivity index (χ1v) is 8.26. The van der Waals surface area contributed by atoms with Crippen LogP contribution in [-0.4, -0.2) is 47.7 Å². The zero-order chi connectivity index (χ0) is 16.1. The van der Waals surface area contributed by atoms with Gasteiger partial charge in [0.2, 0.25) is 0 Å². The first kappa shape index (κ1) is 17.2. The monoisotopic (exact) mass is 328 g/mol. The number of halogens is 1. The average Bonchev–Trinajstić information content (AvgIpc) is 2.87. The topological polar surface area (TPSA) is 79.0 Å². The number of aromatic amines is 1. The lowest BCUT2D eigenvalue weighted by molar-refractivity contribution is 0.00124. The summed E-state index contributed by atoms with van der Waals surface area (Å²) in [5.41, 5.74) is 0.782. The van der Waals surface area contributed by atoms with Crippen molar-refractivity contribution in [3.63, 3.8) is 0 Å². The molecule has 0 bridgehead atoms. The van der Waals surface area contributed by atoms with Crippen LogP contribution in [-0.2, 0) is 11.2 Å². The number of carbonyl (C=O) groups excluding carboxylic acids is 1. The maximum atomic E-state index is 12.3. The molecule has 0 aliphatic carbocycles. The lowest BCUT2D eigenvalue weighted by atomic mass is 10.0. The van der Waals surface area contributed by atoms with E-state index in [0.717, 1.165) is 25.2 Å². The van der Waals surface area contributed by atoms with Gasteiger partial charge in [0.1, 0.15) is 0 Å². The minimum Gasteiger partial charge on any atom is -0.374 e. The molecule has 0 saturated carbocycles. The van der Waals surface area contributed by atoms with Crippen molar-refractivity contribution in [1.29, 1.82) is 0 Å². The number of nitrogens with zero attached hydrogens (tertiary/aromatic N) is 1. The largest absolute Gasteiger partial charge is 0.374 e. The minimum absolute atomic E-state index is 0.0125. The van der Waals surface area contributed by atoms with Crippen molar-refractivity contribution in [2.24, 2.45) is 5.92 Å². The molecular weight excluding hydrogens is 304 g/mol. The van der Waals surface area contributed by atoms with Crippen molar-refractivity contribution in [3.05, 3.63) is 16.7 Å². The van der Waals surface area contributed by atoms with Gasteiger partial charge < -0.3 is 20.4 Å². The number of rotatable bonds is 6. The van der Waals surface area contributed by atoms with Gasteiger partial charge >= 0.3 is 0 Å². The zero-order valence-corrected chi connectivity index (χ0v) is 14.2. The van der Waals surface area contributed by atoms with E-state index in [-0.39, 0.29) is 23.9 Å². The van der Waals surface area contributed by atoms with Gasteiger partial charge in [0.05, 0.1) is 17.8 Å². The van der Waals surface area contributed by atoms with Gasteiger partial charge in [0.25, 0.3) is 5.91 Å². The Morgan fingerprint density at radius 1 is 1.55 bits per heavy atom. The van der Waals surface area contributed by atoms with Gasteiger partial charge in [0, 0.05) is 13.2 Å². The van der Waals surface area contributed by atoms with Crippen molar-refractivity contribution in [2.75, 3.05) is 19.7 Å². The highest BCUT2D eigenvalue weighted by molar-refractivity contribution is 6.30. The predicted molar refractivity (Wildman–Crippen MR) is 86.3 cm³/mol. The molecule has 1 saturated heterocycles. The minimum atomic E-state index is -0.230. The van der Waals surface area contributed by atoms with E-state index in [9.17, 15) is 4.79 Å². The van der Waals surface area contributed by atoms with Gasteiger partial charge in [-0.05, 0) is 25.3 Å². The SMILES string of the molecule is CCc1[nH]c(C(=O)NC2CCNCC2OCC(C)C)nc1Cl. The van der Waals surface area contributed by atoms with Crippen LogP contribution >= 0.6 is 11.6 Å². The highest BCUT2D eigenvalue weighted by Crippen LogP contribution is 2.14. The second-order valence-electron chi connectivity index (χ2n) is 6.05. The van der Waals surface area contributed by atoms with Crippen LogP contribution in [0.15, 0.2) is 0 Å². The summed E-state index contributed by atoms with van der Waals surface area (Å²) in [5.74, 6) is 0.504. The number of hydrogen-bond donors (Lipinski definition) is 3. The number of H-pyrrole nitrogens is 1. The molecule has 2 heterocycles. The molecule has 2 rings (SSSR count). The highest BCUT2D eigenvalue weighted by atomic mass is 35.5. The second-order valence-corrected chi connectivity index (χ2v) is 6.40. The molecule has 0 radical (unpaired) electrons. The summed E-state index contributed by atoms with van der Waals surface area (Å²) in [7, 11) is 0. The van der Waals surface area contributed by atoms with Gasteiger partial charge in [-0.15, -0.1) is 0 Å². The number of imidazole rings is 1. The molecule has 1 aliphatic heterocycles. The molecule has 1 fully saturated rings. The highest BCUT2D eigenvalue weighted by Gasteiger charge is 2.28. The molecule has 124 valence electrons. The molecule has 6 nitrogen and oxygen atoms in total. The molecule has 0 aromatic carbocycles. The van der Waals surface area contributed by atoms with Crippen LogP contribution in [0, 0.1) is 5.92 Å². The second kappa shape index (κ2) is 7.94. The summed E-state index contributed by atoms with van der Waals surface area (Å²) < 4.78 is 5.91. The fourth-order valence-corrected chi connectivity index (χ4v) is 2.72. The lowest BCUT2D eigenvalue weighted by Crippen LogP contribution is -2.54. The number of piperidine rings is 1. The van der Waals surface area contributed by atoms with Crippen LogP contribution < -0.4 is 10.6 Å². The summed E-state index contributed by atoms with van der Waals surface area (Å²) in [6, 6.07) is -0.0125. The Morgan fingerprint density at radius 2 is 2.32 bits per heavy atom. The van der Waals surface area contributed by atoms with E-state index in [1.165, 1.54) is 0 Å².